The smallest absolute Gasteiger partial charge is 0.318 e. The molecule has 21 heavy (non-hydrogen) atoms. The van der Waals surface area contributed by atoms with E-state index in [1.165, 1.54) is 5.56 Å². The highest BCUT2D eigenvalue weighted by Crippen LogP contribution is 2.02. The van der Waals surface area contributed by atoms with Crippen molar-refractivity contribution in [1.29, 1.82) is 0 Å². The molecule has 116 valence electrons. The van der Waals surface area contributed by atoms with Crippen LogP contribution < -0.4 is 16.4 Å². The summed E-state index contributed by atoms with van der Waals surface area (Å²) in [6, 6.07) is 9.02. The lowest BCUT2D eigenvalue weighted by Gasteiger charge is -2.18. The zero-order valence-corrected chi connectivity index (χ0v) is 12.6. The number of nitrogens with zero attached hydrogens (tertiary/aromatic N) is 1. The number of benzene rings is 1. The molecule has 4 N–H and O–H groups in total. The molecule has 3 amide bonds. The molecule has 1 unspecified atom stereocenters. The first-order valence-electron chi connectivity index (χ1n) is 7.05. The minimum atomic E-state index is -0.823. The monoisotopic (exact) mass is 292 g/mol. The predicted octanol–water partition coefficient (Wildman–Crippen LogP) is 0.682. The van der Waals surface area contributed by atoms with Crippen molar-refractivity contribution in [2.45, 2.75) is 25.9 Å². The first kappa shape index (κ1) is 17.1. The minimum Gasteiger partial charge on any atom is -0.351 e. The van der Waals surface area contributed by atoms with Crippen molar-refractivity contribution in [1.82, 2.24) is 15.5 Å². The second-order valence-electron chi connectivity index (χ2n) is 5.11. The third-order valence-corrected chi connectivity index (χ3v) is 3.10. The van der Waals surface area contributed by atoms with E-state index < -0.39 is 18.0 Å². The van der Waals surface area contributed by atoms with Gasteiger partial charge in [-0.05, 0) is 39.0 Å². The zero-order chi connectivity index (χ0) is 15.7. The average Bonchev–Trinajstić information content (AvgIpc) is 2.43. The van der Waals surface area contributed by atoms with E-state index in [-0.39, 0.29) is 0 Å². The number of urea groups is 1. The van der Waals surface area contributed by atoms with Crippen LogP contribution in [0.25, 0.3) is 0 Å². The Hall–Kier alpha value is -1.92. The Kier molecular flexibility index (Phi) is 7.42. The Labute approximate surface area is 125 Å². The summed E-state index contributed by atoms with van der Waals surface area (Å²) in [6.45, 7) is 4.23. The minimum absolute atomic E-state index is 0.403. The molecule has 0 aliphatic heterocycles. The molecule has 0 fully saturated rings. The van der Waals surface area contributed by atoms with E-state index in [2.05, 4.69) is 34.7 Å². The molecule has 0 radical (unpaired) electrons. The van der Waals surface area contributed by atoms with Gasteiger partial charge >= 0.3 is 6.03 Å². The van der Waals surface area contributed by atoms with Gasteiger partial charge in [-0.1, -0.05) is 30.3 Å². The van der Waals surface area contributed by atoms with E-state index in [1.807, 2.05) is 18.2 Å². The fourth-order valence-corrected chi connectivity index (χ4v) is 1.96. The molecule has 0 saturated heterocycles. The Morgan fingerprint density at radius 1 is 1.29 bits per heavy atom. The summed E-state index contributed by atoms with van der Waals surface area (Å²) in [5.74, 6) is -0.403. The van der Waals surface area contributed by atoms with Crippen molar-refractivity contribution in [2.75, 3.05) is 20.1 Å². The highest BCUT2D eigenvalue weighted by atomic mass is 16.2. The van der Waals surface area contributed by atoms with Gasteiger partial charge in [0.05, 0.1) is 6.04 Å². The molecular formula is C15H24N4O2. The van der Waals surface area contributed by atoms with Gasteiger partial charge in [0.2, 0.25) is 5.91 Å². The summed E-state index contributed by atoms with van der Waals surface area (Å²) in [4.78, 5) is 24.2. The standard InChI is InChI=1S/C15H24N4O2/c1-12(14(20)18-15(16)21)17-9-6-10-19(2)11-13-7-4-3-5-8-13/h3-5,7-8,12,17H,6,9-11H2,1-2H3,(H3,16,18,20,21). The normalized spacial score (nSPS) is 12.1. The number of nitrogens with two attached hydrogens (primary N) is 1. The van der Waals surface area contributed by atoms with E-state index in [1.54, 1.807) is 6.92 Å². The number of amides is 3. The van der Waals surface area contributed by atoms with Crippen LogP contribution in [0.4, 0.5) is 4.79 Å². The largest absolute Gasteiger partial charge is 0.351 e. The maximum absolute atomic E-state index is 11.4. The number of hydrogen-bond donors (Lipinski definition) is 3. The van der Waals surface area contributed by atoms with Crippen molar-refractivity contribution in [3.05, 3.63) is 35.9 Å². The lowest BCUT2D eigenvalue weighted by atomic mass is 10.2. The number of rotatable bonds is 8. The Morgan fingerprint density at radius 3 is 2.57 bits per heavy atom. The molecule has 0 bridgehead atoms. The molecule has 6 heteroatoms. The van der Waals surface area contributed by atoms with Crippen molar-refractivity contribution >= 4 is 11.9 Å². The molecule has 1 aromatic carbocycles. The molecule has 0 aromatic heterocycles. The predicted molar refractivity (Wildman–Crippen MR) is 82.6 cm³/mol. The quantitative estimate of drug-likeness (QED) is 0.615. The number of carbonyl (C=O) groups is 2. The second-order valence-corrected chi connectivity index (χ2v) is 5.11. The maximum atomic E-state index is 11.4. The molecule has 0 spiro atoms. The molecule has 1 rings (SSSR count). The number of primary amides is 1. The van der Waals surface area contributed by atoms with Crippen LogP contribution in [0.2, 0.25) is 0 Å². The van der Waals surface area contributed by atoms with Crippen LogP contribution in [-0.2, 0) is 11.3 Å². The topological polar surface area (TPSA) is 87.5 Å². The van der Waals surface area contributed by atoms with E-state index in [0.29, 0.717) is 6.54 Å². The third kappa shape index (κ3) is 7.43. The van der Waals surface area contributed by atoms with Gasteiger partial charge in [-0.2, -0.15) is 0 Å². The molecule has 0 saturated carbocycles. The van der Waals surface area contributed by atoms with E-state index in [4.69, 9.17) is 5.73 Å². The summed E-state index contributed by atoms with van der Waals surface area (Å²) >= 11 is 0. The van der Waals surface area contributed by atoms with Gasteiger partial charge in [0.25, 0.3) is 0 Å². The number of carbonyl (C=O) groups excluding carboxylic acids is 2. The van der Waals surface area contributed by atoms with Crippen molar-refractivity contribution in [2.24, 2.45) is 5.73 Å². The van der Waals surface area contributed by atoms with Gasteiger partial charge in [0.15, 0.2) is 0 Å². The van der Waals surface area contributed by atoms with Gasteiger partial charge in [-0.15, -0.1) is 0 Å². The molecule has 0 aliphatic carbocycles. The molecule has 1 atom stereocenters. The summed E-state index contributed by atoms with van der Waals surface area (Å²) in [5.41, 5.74) is 6.17. The van der Waals surface area contributed by atoms with E-state index in [9.17, 15) is 9.59 Å². The van der Waals surface area contributed by atoms with Crippen LogP contribution in [0.5, 0.6) is 0 Å². The molecular weight excluding hydrogens is 268 g/mol. The highest BCUT2D eigenvalue weighted by Gasteiger charge is 2.13. The van der Waals surface area contributed by atoms with Crippen LogP contribution >= 0.6 is 0 Å². The number of nitrogens with one attached hydrogen (secondary N) is 2. The van der Waals surface area contributed by atoms with Gasteiger partial charge < -0.3 is 16.0 Å². The van der Waals surface area contributed by atoms with Crippen LogP contribution in [0.15, 0.2) is 30.3 Å². The van der Waals surface area contributed by atoms with Crippen LogP contribution in [0.3, 0.4) is 0 Å². The summed E-state index contributed by atoms with van der Waals surface area (Å²) in [5, 5.41) is 5.11. The van der Waals surface area contributed by atoms with Gasteiger partial charge in [0, 0.05) is 6.54 Å². The van der Waals surface area contributed by atoms with E-state index in [0.717, 1.165) is 19.5 Å². The van der Waals surface area contributed by atoms with E-state index >= 15 is 0 Å². The highest BCUT2D eigenvalue weighted by molar-refractivity contribution is 5.96. The summed E-state index contributed by atoms with van der Waals surface area (Å²) in [7, 11) is 2.07. The van der Waals surface area contributed by atoms with Crippen molar-refractivity contribution in [3.8, 4) is 0 Å². The Balaban J connectivity index is 2.16. The average molecular weight is 292 g/mol. The fraction of sp³-hybridized carbons (Fsp3) is 0.467. The zero-order valence-electron chi connectivity index (χ0n) is 12.6. The van der Waals surface area contributed by atoms with Gasteiger partial charge in [0.1, 0.15) is 0 Å². The molecule has 0 heterocycles. The maximum Gasteiger partial charge on any atom is 0.318 e. The Bertz CT molecular complexity index is 450. The van der Waals surface area contributed by atoms with Crippen molar-refractivity contribution in [3.63, 3.8) is 0 Å². The molecule has 6 nitrogen and oxygen atoms in total. The Morgan fingerprint density at radius 2 is 1.95 bits per heavy atom. The van der Waals surface area contributed by atoms with Gasteiger partial charge in [-0.25, -0.2) is 4.79 Å². The number of imide groups is 1. The lowest BCUT2D eigenvalue weighted by Crippen LogP contribution is -2.46. The van der Waals surface area contributed by atoms with Crippen LogP contribution in [-0.4, -0.2) is 43.0 Å². The summed E-state index contributed by atoms with van der Waals surface area (Å²) in [6.07, 6.45) is 0.914. The lowest BCUT2D eigenvalue weighted by molar-refractivity contribution is -0.121. The summed E-state index contributed by atoms with van der Waals surface area (Å²) < 4.78 is 0. The fourth-order valence-electron chi connectivity index (χ4n) is 1.96. The van der Waals surface area contributed by atoms with Gasteiger partial charge in [-0.3, -0.25) is 10.1 Å². The molecule has 0 aliphatic rings. The number of hydrogen-bond acceptors (Lipinski definition) is 4. The first-order valence-corrected chi connectivity index (χ1v) is 7.05. The van der Waals surface area contributed by atoms with Crippen LogP contribution in [0, 0.1) is 0 Å². The SMILES string of the molecule is CC(NCCCN(C)Cc1ccccc1)C(=O)NC(N)=O. The van der Waals surface area contributed by atoms with Crippen LogP contribution in [0.1, 0.15) is 18.9 Å². The first-order chi connectivity index (χ1) is 9.99. The third-order valence-electron chi connectivity index (χ3n) is 3.10. The molecule has 1 aromatic rings. The second kappa shape index (κ2) is 9.10. The van der Waals surface area contributed by atoms with Crippen molar-refractivity contribution < 1.29 is 9.59 Å².